The summed E-state index contributed by atoms with van der Waals surface area (Å²) in [5.74, 6) is 2.21. The van der Waals surface area contributed by atoms with E-state index in [1.54, 1.807) is 17.7 Å². The first-order valence-electron chi connectivity index (χ1n) is 9.82. The molecule has 0 aliphatic carbocycles. The molecule has 4 rings (SSSR count). The lowest BCUT2D eigenvalue weighted by Gasteiger charge is -2.11. The van der Waals surface area contributed by atoms with Gasteiger partial charge in [0.05, 0.1) is 12.0 Å². The number of fused-ring (bicyclic) bond motifs is 1. The van der Waals surface area contributed by atoms with Crippen molar-refractivity contribution in [2.75, 3.05) is 11.9 Å². The van der Waals surface area contributed by atoms with E-state index in [0.29, 0.717) is 12.5 Å². The molecule has 0 aliphatic heterocycles. The SMILES string of the molecule is Cc1ccc(-c2c(C)sc3ncnc(Nc4ccc(OCC(C)C)cc4)c23)cc1. The van der Waals surface area contributed by atoms with Crippen LogP contribution in [0.5, 0.6) is 5.75 Å². The predicted octanol–water partition coefficient (Wildman–Crippen LogP) is 6.75. The summed E-state index contributed by atoms with van der Waals surface area (Å²) < 4.78 is 5.78. The molecule has 0 amide bonds. The van der Waals surface area contributed by atoms with E-state index in [2.05, 4.69) is 67.2 Å². The number of aromatic nitrogens is 2. The molecule has 0 saturated carbocycles. The van der Waals surface area contributed by atoms with Gasteiger partial charge in [0, 0.05) is 16.1 Å². The van der Waals surface area contributed by atoms with Crippen LogP contribution in [0.15, 0.2) is 54.9 Å². The van der Waals surface area contributed by atoms with Gasteiger partial charge in [-0.1, -0.05) is 43.7 Å². The summed E-state index contributed by atoms with van der Waals surface area (Å²) in [4.78, 5) is 11.3. The maximum atomic E-state index is 5.78. The molecule has 1 N–H and O–H groups in total. The maximum absolute atomic E-state index is 5.78. The van der Waals surface area contributed by atoms with E-state index in [4.69, 9.17) is 4.74 Å². The van der Waals surface area contributed by atoms with Gasteiger partial charge in [-0.3, -0.25) is 0 Å². The van der Waals surface area contributed by atoms with E-state index < -0.39 is 0 Å². The third-order valence-corrected chi connectivity index (χ3v) is 5.72. The highest BCUT2D eigenvalue weighted by Gasteiger charge is 2.17. The minimum absolute atomic E-state index is 0.504. The highest BCUT2D eigenvalue weighted by molar-refractivity contribution is 7.19. The Morgan fingerprint density at radius 2 is 1.69 bits per heavy atom. The van der Waals surface area contributed by atoms with Gasteiger partial charge in [-0.15, -0.1) is 11.3 Å². The van der Waals surface area contributed by atoms with Crippen molar-refractivity contribution in [2.45, 2.75) is 27.7 Å². The average molecular weight is 404 g/mol. The lowest BCUT2D eigenvalue weighted by Crippen LogP contribution is -2.04. The molecule has 0 unspecified atom stereocenters. The van der Waals surface area contributed by atoms with Gasteiger partial charge in [0.2, 0.25) is 0 Å². The number of ether oxygens (including phenoxy) is 1. The Balaban J connectivity index is 1.68. The third kappa shape index (κ3) is 4.25. The van der Waals surface area contributed by atoms with E-state index in [9.17, 15) is 0 Å². The average Bonchev–Trinajstić information content (AvgIpc) is 3.05. The smallest absolute Gasteiger partial charge is 0.143 e. The fraction of sp³-hybridized carbons (Fsp3) is 0.250. The van der Waals surface area contributed by atoms with Gasteiger partial charge in [-0.25, -0.2) is 9.97 Å². The molecule has 0 aliphatic rings. The van der Waals surface area contributed by atoms with Crippen molar-refractivity contribution < 1.29 is 4.74 Å². The lowest BCUT2D eigenvalue weighted by molar-refractivity contribution is 0.271. The monoisotopic (exact) mass is 403 g/mol. The number of hydrogen-bond donors (Lipinski definition) is 1. The first-order valence-corrected chi connectivity index (χ1v) is 10.6. The van der Waals surface area contributed by atoms with Crippen molar-refractivity contribution in [2.24, 2.45) is 5.92 Å². The number of thiophene rings is 1. The molecule has 0 atom stereocenters. The summed E-state index contributed by atoms with van der Waals surface area (Å²) in [6.45, 7) is 9.25. The van der Waals surface area contributed by atoms with Gasteiger partial charge in [0.1, 0.15) is 22.7 Å². The van der Waals surface area contributed by atoms with E-state index in [1.807, 2.05) is 24.3 Å². The molecule has 0 radical (unpaired) electrons. The molecular weight excluding hydrogens is 378 g/mol. The summed E-state index contributed by atoms with van der Waals surface area (Å²) >= 11 is 1.70. The zero-order valence-corrected chi connectivity index (χ0v) is 18.0. The Kier molecular flexibility index (Phi) is 5.49. The number of anilines is 2. The molecular formula is C24H25N3OS. The van der Waals surface area contributed by atoms with Crippen LogP contribution in [0.3, 0.4) is 0 Å². The molecule has 29 heavy (non-hydrogen) atoms. The molecule has 0 spiro atoms. The number of aryl methyl sites for hydroxylation is 2. The molecule has 2 heterocycles. The Morgan fingerprint density at radius 3 is 2.38 bits per heavy atom. The molecule has 2 aromatic carbocycles. The number of hydrogen-bond acceptors (Lipinski definition) is 5. The van der Waals surface area contributed by atoms with Gasteiger partial charge >= 0.3 is 0 Å². The largest absolute Gasteiger partial charge is 0.493 e. The Bertz CT molecular complexity index is 1120. The Labute approximate surface area is 175 Å². The van der Waals surface area contributed by atoms with Crippen LogP contribution in [0.2, 0.25) is 0 Å². The van der Waals surface area contributed by atoms with E-state index in [0.717, 1.165) is 27.5 Å². The second-order valence-corrected chi connectivity index (χ2v) is 8.86. The van der Waals surface area contributed by atoms with Crippen LogP contribution in [0.4, 0.5) is 11.5 Å². The molecule has 4 nitrogen and oxygen atoms in total. The molecule has 5 heteroatoms. The van der Waals surface area contributed by atoms with Gasteiger partial charge in [-0.2, -0.15) is 0 Å². The van der Waals surface area contributed by atoms with Crippen LogP contribution in [-0.2, 0) is 0 Å². The molecule has 148 valence electrons. The van der Waals surface area contributed by atoms with Gasteiger partial charge in [0.15, 0.2) is 0 Å². The molecule has 4 aromatic rings. The number of nitrogens with one attached hydrogen (secondary N) is 1. The van der Waals surface area contributed by atoms with Crippen molar-refractivity contribution in [3.05, 3.63) is 65.3 Å². The summed E-state index contributed by atoms with van der Waals surface area (Å²) in [6.07, 6.45) is 1.62. The van der Waals surface area contributed by atoms with Crippen molar-refractivity contribution in [1.29, 1.82) is 0 Å². The zero-order valence-electron chi connectivity index (χ0n) is 17.2. The molecule has 0 fully saturated rings. The Morgan fingerprint density at radius 1 is 0.966 bits per heavy atom. The van der Waals surface area contributed by atoms with Crippen LogP contribution >= 0.6 is 11.3 Å². The van der Waals surface area contributed by atoms with Gasteiger partial charge in [-0.05, 0) is 49.6 Å². The van der Waals surface area contributed by atoms with Crippen molar-refractivity contribution >= 4 is 33.1 Å². The predicted molar refractivity (Wildman–Crippen MR) is 122 cm³/mol. The Hall–Kier alpha value is -2.92. The summed E-state index contributed by atoms with van der Waals surface area (Å²) in [7, 11) is 0. The van der Waals surface area contributed by atoms with Crippen molar-refractivity contribution in [3.8, 4) is 16.9 Å². The highest BCUT2D eigenvalue weighted by Crippen LogP contribution is 2.41. The van der Waals surface area contributed by atoms with Crippen LogP contribution in [0.25, 0.3) is 21.3 Å². The zero-order chi connectivity index (χ0) is 20.4. The quantitative estimate of drug-likeness (QED) is 0.387. The fourth-order valence-corrected chi connectivity index (χ4v) is 4.25. The number of benzene rings is 2. The summed E-state index contributed by atoms with van der Waals surface area (Å²) in [5, 5.41) is 4.54. The molecule has 0 bridgehead atoms. The normalized spacial score (nSPS) is 11.2. The van der Waals surface area contributed by atoms with Gasteiger partial charge in [0.25, 0.3) is 0 Å². The van der Waals surface area contributed by atoms with Crippen LogP contribution in [0.1, 0.15) is 24.3 Å². The minimum atomic E-state index is 0.504. The first-order chi connectivity index (χ1) is 14.0. The third-order valence-electron chi connectivity index (χ3n) is 4.70. The fourth-order valence-electron chi connectivity index (χ4n) is 3.24. The van der Waals surface area contributed by atoms with Crippen molar-refractivity contribution in [3.63, 3.8) is 0 Å². The molecule has 2 aromatic heterocycles. The second kappa shape index (κ2) is 8.21. The van der Waals surface area contributed by atoms with Crippen LogP contribution in [0, 0.1) is 19.8 Å². The van der Waals surface area contributed by atoms with E-state index in [-0.39, 0.29) is 0 Å². The van der Waals surface area contributed by atoms with Crippen LogP contribution < -0.4 is 10.1 Å². The van der Waals surface area contributed by atoms with Crippen molar-refractivity contribution in [1.82, 2.24) is 9.97 Å². The summed E-state index contributed by atoms with van der Waals surface area (Å²) in [5.41, 5.74) is 4.61. The molecule has 0 saturated heterocycles. The van der Waals surface area contributed by atoms with Crippen LogP contribution in [-0.4, -0.2) is 16.6 Å². The highest BCUT2D eigenvalue weighted by atomic mass is 32.1. The standard InChI is InChI=1S/C24H25N3OS/c1-15(2)13-28-20-11-9-19(10-12-20)27-23-22-21(18-7-5-16(3)6-8-18)17(4)29-24(22)26-14-25-23/h5-12,14-15H,13H2,1-4H3,(H,25,26,27). The maximum Gasteiger partial charge on any atom is 0.143 e. The number of nitrogens with zero attached hydrogens (tertiary/aromatic N) is 2. The lowest BCUT2D eigenvalue weighted by atomic mass is 10.0. The number of rotatable bonds is 6. The van der Waals surface area contributed by atoms with Gasteiger partial charge < -0.3 is 10.1 Å². The first kappa shape index (κ1) is 19.4. The summed E-state index contributed by atoms with van der Waals surface area (Å²) in [6, 6.07) is 16.6. The minimum Gasteiger partial charge on any atom is -0.493 e. The topological polar surface area (TPSA) is 47.0 Å². The second-order valence-electron chi connectivity index (χ2n) is 7.66. The van der Waals surface area contributed by atoms with E-state index in [1.165, 1.54) is 21.6 Å². The van der Waals surface area contributed by atoms with E-state index >= 15 is 0 Å².